The van der Waals surface area contributed by atoms with Gasteiger partial charge in [0.15, 0.2) is 0 Å². The minimum atomic E-state index is -0.255. The number of aliphatic hydroxyl groups excluding tert-OH is 1. The summed E-state index contributed by atoms with van der Waals surface area (Å²) in [5.74, 6) is 0.0677. The lowest BCUT2D eigenvalue weighted by Crippen LogP contribution is -2.33. The molecule has 1 amide bonds. The van der Waals surface area contributed by atoms with Gasteiger partial charge in [0.2, 0.25) is 0 Å². The third-order valence-corrected chi connectivity index (χ3v) is 3.88. The van der Waals surface area contributed by atoms with Crippen molar-refractivity contribution >= 4 is 29.1 Å². The van der Waals surface area contributed by atoms with Crippen molar-refractivity contribution in [2.75, 3.05) is 6.54 Å². The Morgan fingerprint density at radius 2 is 2.26 bits per heavy atom. The number of aliphatic hydroxyl groups is 1. The van der Waals surface area contributed by atoms with E-state index in [1.165, 1.54) is 12.3 Å². The van der Waals surface area contributed by atoms with E-state index < -0.39 is 0 Å². The topological polar surface area (TPSA) is 62.2 Å². The van der Waals surface area contributed by atoms with E-state index in [1.54, 1.807) is 0 Å². The first-order valence-corrected chi connectivity index (χ1v) is 7.09. The largest absolute Gasteiger partial charge is 0.393 e. The predicted octanol–water partition coefficient (Wildman–Crippen LogP) is 2.67. The van der Waals surface area contributed by atoms with Gasteiger partial charge in [-0.25, -0.2) is 4.98 Å². The van der Waals surface area contributed by atoms with E-state index in [0.717, 1.165) is 25.7 Å². The molecule has 0 spiro atoms. The zero-order valence-corrected chi connectivity index (χ0v) is 11.9. The number of nitrogens with one attached hydrogen (secondary N) is 1. The van der Waals surface area contributed by atoms with E-state index in [-0.39, 0.29) is 22.2 Å². The third-order valence-electron chi connectivity index (χ3n) is 3.37. The molecule has 1 aromatic rings. The average molecular weight is 303 g/mol. The monoisotopic (exact) mass is 302 g/mol. The third kappa shape index (κ3) is 4.06. The summed E-state index contributed by atoms with van der Waals surface area (Å²) in [7, 11) is 0. The van der Waals surface area contributed by atoms with Crippen LogP contribution in [0.3, 0.4) is 0 Å². The van der Waals surface area contributed by atoms with Crippen LogP contribution in [0.25, 0.3) is 0 Å². The molecule has 1 fully saturated rings. The van der Waals surface area contributed by atoms with Crippen LogP contribution in [0.4, 0.5) is 0 Å². The second-order valence-electron chi connectivity index (χ2n) is 4.88. The highest BCUT2D eigenvalue weighted by atomic mass is 35.5. The molecule has 104 valence electrons. The van der Waals surface area contributed by atoms with Crippen molar-refractivity contribution < 1.29 is 9.90 Å². The number of halogens is 2. The molecule has 2 unspecified atom stereocenters. The molecule has 0 aromatic carbocycles. The number of pyridine rings is 1. The van der Waals surface area contributed by atoms with Gasteiger partial charge >= 0.3 is 0 Å². The van der Waals surface area contributed by atoms with Crippen LogP contribution in [-0.4, -0.2) is 28.6 Å². The van der Waals surface area contributed by atoms with Gasteiger partial charge in [-0.1, -0.05) is 29.6 Å². The maximum atomic E-state index is 12.0. The Bertz CT molecular complexity index is 468. The molecular weight excluding hydrogens is 287 g/mol. The van der Waals surface area contributed by atoms with Crippen LogP contribution in [0, 0.1) is 5.92 Å². The number of carbonyl (C=O) groups is 1. The van der Waals surface area contributed by atoms with E-state index >= 15 is 0 Å². The van der Waals surface area contributed by atoms with Crippen LogP contribution in [0.2, 0.25) is 10.2 Å². The quantitative estimate of drug-likeness (QED) is 0.844. The molecule has 1 aliphatic rings. The molecular formula is C13H16Cl2N2O2. The van der Waals surface area contributed by atoms with Gasteiger partial charge in [-0.05, 0) is 31.2 Å². The van der Waals surface area contributed by atoms with E-state index in [4.69, 9.17) is 23.2 Å². The van der Waals surface area contributed by atoms with Gasteiger partial charge in [-0.3, -0.25) is 4.79 Å². The lowest BCUT2D eigenvalue weighted by molar-refractivity contribution is 0.0874. The first kappa shape index (κ1) is 14.6. The molecule has 19 heavy (non-hydrogen) atoms. The maximum absolute atomic E-state index is 12.0. The standard InChI is InChI=1S/C13H16Cl2N2O2/c14-11-7-16-12(15)5-10(11)13(19)17-6-8-2-1-3-9(18)4-8/h5,7-9,18H,1-4,6H2,(H,17,19). The molecule has 2 atom stereocenters. The van der Waals surface area contributed by atoms with Gasteiger partial charge in [-0.15, -0.1) is 0 Å². The van der Waals surface area contributed by atoms with Crippen LogP contribution >= 0.6 is 23.2 Å². The number of aromatic nitrogens is 1. The molecule has 2 rings (SSSR count). The number of rotatable bonds is 3. The van der Waals surface area contributed by atoms with Crippen LogP contribution in [0.15, 0.2) is 12.3 Å². The summed E-state index contributed by atoms with van der Waals surface area (Å²) < 4.78 is 0. The normalized spacial score (nSPS) is 23.1. The molecule has 1 aliphatic carbocycles. The molecule has 0 saturated heterocycles. The molecule has 6 heteroatoms. The van der Waals surface area contributed by atoms with Crippen molar-refractivity contribution in [3.05, 3.63) is 28.0 Å². The Hall–Kier alpha value is -0.840. The smallest absolute Gasteiger partial charge is 0.252 e. The highest BCUT2D eigenvalue weighted by Crippen LogP contribution is 2.24. The van der Waals surface area contributed by atoms with E-state index in [1.807, 2.05) is 0 Å². The summed E-state index contributed by atoms with van der Waals surface area (Å²) in [4.78, 5) is 15.8. The molecule has 1 aromatic heterocycles. The SMILES string of the molecule is O=C(NCC1CCCC(O)C1)c1cc(Cl)ncc1Cl. The Morgan fingerprint density at radius 1 is 1.47 bits per heavy atom. The van der Waals surface area contributed by atoms with Crippen molar-refractivity contribution in [3.63, 3.8) is 0 Å². The molecule has 1 saturated carbocycles. The zero-order valence-electron chi connectivity index (χ0n) is 10.4. The average Bonchev–Trinajstić information content (AvgIpc) is 2.39. The zero-order chi connectivity index (χ0) is 13.8. The molecule has 0 aliphatic heterocycles. The number of nitrogens with zero attached hydrogens (tertiary/aromatic N) is 1. The fourth-order valence-corrected chi connectivity index (χ4v) is 2.71. The molecule has 2 N–H and O–H groups in total. The first-order chi connectivity index (χ1) is 9.06. The molecule has 0 bridgehead atoms. The Morgan fingerprint density at radius 3 is 3.00 bits per heavy atom. The number of hydrogen-bond acceptors (Lipinski definition) is 3. The van der Waals surface area contributed by atoms with Crippen LogP contribution in [0.5, 0.6) is 0 Å². The Labute approximate surface area is 122 Å². The van der Waals surface area contributed by atoms with E-state index in [2.05, 4.69) is 10.3 Å². The van der Waals surface area contributed by atoms with Crippen molar-refractivity contribution in [2.45, 2.75) is 31.8 Å². The van der Waals surface area contributed by atoms with Gasteiger partial charge < -0.3 is 10.4 Å². The summed E-state index contributed by atoms with van der Waals surface area (Å²) in [6.45, 7) is 0.548. The first-order valence-electron chi connectivity index (χ1n) is 6.33. The lowest BCUT2D eigenvalue weighted by Gasteiger charge is -2.25. The van der Waals surface area contributed by atoms with E-state index in [0.29, 0.717) is 18.0 Å². The number of amides is 1. The van der Waals surface area contributed by atoms with Crippen LogP contribution in [-0.2, 0) is 0 Å². The summed E-state index contributed by atoms with van der Waals surface area (Å²) in [5, 5.41) is 12.9. The summed E-state index contributed by atoms with van der Waals surface area (Å²) in [6.07, 6.45) is 4.76. The van der Waals surface area contributed by atoms with Crippen molar-refractivity contribution in [3.8, 4) is 0 Å². The minimum Gasteiger partial charge on any atom is -0.393 e. The lowest BCUT2D eigenvalue weighted by atomic mass is 9.87. The highest BCUT2D eigenvalue weighted by Gasteiger charge is 2.21. The van der Waals surface area contributed by atoms with Crippen molar-refractivity contribution in [1.29, 1.82) is 0 Å². The van der Waals surface area contributed by atoms with Crippen LogP contribution in [0.1, 0.15) is 36.0 Å². The Balaban J connectivity index is 1.92. The second-order valence-corrected chi connectivity index (χ2v) is 5.68. The highest BCUT2D eigenvalue weighted by molar-refractivity contribution is 6.35. The second kappa shape index (κ2) is 6.55. The van der Waals surface area contributed by atoms with Gasteiger partial charge in [0.05, 0.1) is 16.7 Å². The number of carbonyl (C=O) groups excluding carboxylic acids is 1. The maximum Gasteiger partial charge on any atom is 0.252 e. The summed E-state index contributed by atoms with van der Waals surface area (Å²) >= 11 is 11.7. The van der Waals surface area contributed by atoms with E-state index in [9.17, 15) is 9.90 Å². The van der Waals surface area contributed by atoms with Crippen molar-refractivity contribution in [1.82, 2.24) is 10.3 Å². The fraction of sp³-hybridized carbons (Fsp3) is 0.538. The summed E-state index contributed by atoms with van der Waals surface area (Å²) in [6, 6.07) is 1.45. The summed E-state index contributed by atoms with van der Waals surface area (Å²) in [5.41, 5.74) is 0.332. The van der Waals surface area contributed by atoms with Gasteiger partial charge in [-0.2, -0.15) is 0 Å². The molecule has 1 heterocycles. The van der Waals surface area contributed by atoms with Crippen molar-refractivity contribution in [2.24, 2.45) is 5.92 Å². The predicted molar refractivity (Wildman–Crippen MR) is 74.6 cm³/mol. The minimum absolute atomic E-state index is 0.239. The molecule has 4 nitrogen and oxygen atoms in total. The van der Waals surface area contributed by atoms with Gasteiger partial charge in [0.25, 0.3) is 5.91 Å². The van der Waals surface area contributed by atoms with Gasteiger partial charge in [0, 0.05) is 12.7 Å². The molecule has 0 radical (unpaired) electrons. The van der Waals surface area contributed by atoms with Crippen LogP contribution < -0.4 is 5.32 Å². The van der Waals surface area contributed by atoms with Gasteiger partial charge in [0.1, 0.15) is 5.15 Å². The Kier molecular flexibility index (Phi) is 5.02. The number of hydrogen-bond donors (Lipinski definition) is 2. The fourth-order valence-electron chi connectivity index (χ4n) is 2.37.